The van der Waals surface area contributed by atoms with Crippen LogP contribution in [-0.4, -0.2) is 11.4 Å². The second kappa shape index (κ2) is 6.50. The van der Waals surface area contributed by atoms with Crippen molar-refractivity contribution in [2.75, 3.05) is 5.43 Å². The van der Waals surface area contributed by atoms with Crippen molar-refractivity contribution in [1.29, 1.82) is 10.5 Å². The Morgan fingerprint density at radius 1 is 1.32 bits per heavy atom. The maximum atomic E-state index is 11.0. The Balaban J connectivity index is 3.19. The summed E-state index contributed by atoms with van der Waals surface area (Å²) in [6.07, 6.45) is 0.280. The minimum absolute atomic E-state index is 0.219. The number of halogens is 2. The molecule has 0 aliphatic carbocycles. The molecule has 96 valence electrons. The number of hydrazine groups is 1. The normalized spacial score (nSPS) is 10.7. The summed E-state index contributed by atoms with van der Waals surface area (Å²) in [5, 5.41) is 18.8. The molecule has 0 aliphatic rings. The molecule has 0 aliphatic heterocycles. The van der Waals surface area contributed by atoms with Gasteiger partial charge in [-0.25, -0.2) is 5.01 Å². The van der Waals surface area contributed by atoms with Crippen LogP contribution in [0.2, 0.25) is 10.0 Å². The Hall–Kier alpha value is -2.41. The summed E-state index contributed by atoms with van der Waals surface area (Å²) >= 11 is 11.8. The number of carbonyl (C=O) groups excluding carboxylic acids is 1. The summed E-state index contributed by atoms with van der Waals surface area (Å²) < 4.78 is 0. The van der Waals surface area contributed by atoms with Gasteiger partial charge in [-0.1, -0.05) is 29.3 Å². The van der Waals surface area contributed by atoms with Crippen LogP contribution in [0.4, 0.5) is 5.69 Å². The van der Waals surface area contributed by atoms with Crippen LogP contribution in [0.25, 0.3) is 0 Å². The number of nitrogens with zero attached hydrogens (tertiary/aromatic N) is 3. The van der Waals surface area contributed by atoms with Crippen LogP contribution < -0.4 is 11.2 Å². The maximum Gasteiger partial charge on any atom is 0.233 e. The van der Waals surface area contributed by atoms with Crippen LogP contribution in [0, 0.1) is 22.7 Å². The second-order valence-electron chi connectivity index (χ2n) is 3.17. The number of hydrogen-bond donors (Lipinski definition) is 2. The van der Waals surface area contributed by atoms with Gasteiger partial charge in [-0.2, -0.15) is 10.5 Å². The van der Waals surface area contributed by atoms with E-state index in [0.717, 1.165) is 5.01 Å². The van der Waals surface area contributed by atoms with E-state index in [9.17, 15) is 4.79 Å². The van der Waals surface area contributed by atoms with Crippen molar-refractivity contribution in [2.45, 2.75) is 0 Å². The van der Waals surface area contributed by atoms with E-state index < -0.39 is 5.70 Å². The molecule has 0 atom stereocenters. The number of benzene rings is 1. The van der Waals surface area contributed by atoms with Crippen molar-refractivity contribution in [3.05, 3.63) is 39.6 Å². The van der Waals surface area contributed by atoms with Gasteiger partial charge in [-0.15, -0.1) is 0 Å². The molecule has 1 aromatic rings. The predicted molar refractivity (Wildman–Crippen MR) is 70.4 cm³/mol. The third-order valence-corrected chi connectivity index (χ3v) is 2.65. The van der Waals surface area contributed by atoms with Crippen LogP contribution >= 0.6 is 23.2 Å². The van der Waals surface area contributed by atoms with Gasteiger partial charge in [0.2, 0.25) is 6.41 Å². The fourth-order valence-electron chi connectivity index (χ4n) is 1.16. The van der Waals surface area contributed by atoms with E-state index >= 15 is 0 Å². The highest BCUT2D eigenvalue weighted by atomic mass is 35.5. The van der Waals surface area contributed by atoms with Gasteiger partial charge in [-0.05, 0) is 12.1 Å². The number of carbonyl (C=O) groups is 1. The number of nitrogens with two attached hydrogens (primary N) is 1. The van der Waals surface area contributed by atoms with Crippen molar-refractivity contribution in [3.8, 4) is 12.1 Å². The number of amides is 1. The van der Waals surface area contributed by atoms with Gasteiger partial charge in [0.05, 0.1) is 15.7 Å². The molecular weight excluding hydrogens is 289 g/mol. The highest BCUT2D eigenvalue weighted by Gasteiger charge is 2.15. The number of para-hydroxylation sites is 1. The van der Waals surface area contributed by atoms with Gasteiger partial charge in [0, 0.05) is 0 Å². The summed E-state index contributed by atoms with van der Waals surface area (Å²) in [5.74, 6) is 0. The minimum atomic E-state index is -0.412. The first-order chi connectivity index (χ1) is 9.04. The Bertz CT molecular complexity index is 594. The molecule has 6 nitrogen and oxygen atoms in total. The van der Waals surface area contributed by atoms with E-state index in [2.05, 4.69) is 5.43 Å². The number of nitriles is 2. The molecule has 0 saturated heterocycles. The number of nitrogens with one attached hydrogen (secondary N) is 1. The second-order valence-corrected chi connectivity index (χ2v) is 3.98. The molecule has 0 radical (unpaired) electrons. The lowest BCUT2D eigenvalue weighted by Crippen LogP contribution is -2.29. The standard InChI is InChI=1S/C11H7Cl2N5O/c12-7-2-1-3-8(13)11(7)17-18(6-19)10(5-15)9(16)4-14/h1-3,6,17H,16H2/b10-9-. The van der Waals surface area contributed by atoms with E-state index in [1.54, 1.807) is 30.3 Å². The Labute approximate surface area is 119 Å². The number of allylic oxidation sites excluding steroid dienone is 2. The van der Waals surface area contributed by atoms with Crippen LogP contribution in [0.3, 0.4) is 0 Å². The summed E-state index contributed by atoms with van der Waals surface area (Å²) in [4.78, 5) is 11.0. The first kappa shape index (κ1) is 14.7. The number of rotatable bonds is 4. The zero-order valence-corrected chi connectivity index (χ0v) is 10.9. The molecule has 1 aromatic carbocycles. The van der Waals surface area contributed by atoms with E-state index in [0.29, 0.717) is 0 Å². The Morgan fingerprint density at radius 2 is 1.89 bits per heavy atom. The lowest BCUT2D eigenvalue weighted by Gasteiger charge is -2.20. The minimum Gasteiger partial charge on any atom is -0.388 e. The molecule has 8 heteroatoms. The van der Waals surface area contributed by atoms with Gasteiger partial charge in [0.15, 0.2) is 5.70 Å². The average molecular weight is 296 g/mol. The predicted octanol–water partition coefficient (Wildman–Crippen LogP) is 2.00. The monoisotopic (exact) mass is 295 g/mol. The fraction of sp³-hybridized carbons (Fsp3) is 0. The molecule has 0 saturated carbocycles. The first-order valence-electron chi connectivity index (χ1n) is 4.80. The molecule has 1 amide bonds. The van der Waals surface area contributed by atoms with Crippen LogP contribution in [-0.2, 0) is 4.79 Å². The van der Waals surface area contributed by atoms with Gasteiger partial charge in [0.1, 0.15) is 17.8 Å². The molecule has 0 heterocycles. The molecule has 0 bridgehead atoms. The SMILES string of the molecule is N#C/C(N)=C(\C#N)N(C=O)Nc1c(Cl)cccc1Cl. The summed E-state index contributed by atoms with van der Waals surface area (Å²) in [6, 6.07) is 7.92. The van der Waals surface area contributed by atoms with Gasteiger partial charge in [0.25, 0.3) is 0 Å². The molecule has 0 unspecified atom stereocenters. The Kier molecular flexibility index (Phi) is 5.01. The summed E-state index contributed by atoms with van der Waals surface area (Å²) in [6.45, 7) is 0. The lowest BCUT2D eigenvalue weighted by molar-refractivity contribution is -0.115. The lowest BCUT2D eigenvalue weighted by atomic mass is 10.3. The number of anilines is 1. The third kappa shape index (κ3) is 3.29. The van der Waals surface area contributed by atoms with Crippen molar-refractivity contribution in [1.82, 2.24) is 5.01 Å². The molecule has 0 spiro atoms. The highest BCUT2D eigenvalue weighted by molar-refractivity contribution is 6.39. The van der Waals surface area contributed by atoms with Crippen LogP contribution in [0.15, 0.2) is 29.6 Å². The highest BCUT2D eigenvalue weighted by Crippen LogP contribution is 2.30. The smallest absolute Gasteiger partial charge is 0.233 e. The van der Waals surface area contributed by atoms with Gasteiger partial charge in [-0.3, -0.25) is 10.2 Å². The topological polar surface area (TPSA) is 106 Å². The maximum absolute atomic E-state index is 11.0. The van der Waals surface area contributed by atoms with Gasteiger partial charge >= 0.3 is 0 Å². The number of hydrogen-bond acceptors (Lipinski definition) is 5. The summed E-state index contributed by atoms with van der Waals surface area (Å²) in [7, 11) is 0. The molecule has 0 aromatic heterocycles. The zero-order chi connectivity index (χ0) is 14.4. The molecule has 19 heavy (non-hydrogen) atoms. The van der Waals surface area contributed by atoms with E-state index in [1.807, 2.05) is 0 Å². The van der Waals surface area contributed by atoms with Crippen molar-refractivity contribution in [3.63, 3.8) is 0 Å². The molecule has 0 fully saturated rings. The molecular formula is C11H7Cl2N5O. The van der Waals surface area contributed by atoms with Crippen molar-refractivity contribution < 1.29 is 4.79 Å². The molecule has 3 N–H and O–H groups in total. The van der Waals surface area contributed by atoms with Crippen LogP contribution in [0.1, 0.15) is 0 Å². The summed E-state index contributed by atoms with van der Waals surface area (Å²) in [5.41, 5.74) is 7.30. The van der Waals surface area contributed by atoms with Crippen LogP contribution in [0.5, 0.6) is 0 Å². The first-order valence-corrected chi connectivity index (χ1v) is 5.55. The van der Waals surface area contributed by atoms with E-state index in [-0.39, 0.29) is 27.8 Å². The Morgan fingerprint density at radius 3 is 2.32 bits per heavy atom. The van der Waals surface area contributed by atoms with Crippen molar-refractivity contribution >= 4 is 35.3 Å². The zero-order valence-electron chi connectivity index (χ0n) is 9.39. The average Bonchev–Trinajstić information content (AvgIpc) is 2.41. The van der Waals surface area contributed by atoms with E-state index in [1.165, 1.54) is 0 Å². The molecule has 1 rings (SSSR count). The largest absolute Gasteiger partial charge is 0.388 e. The fourth-order valence-corrected chi connectivity index (χ4v) is 1.64. The quantitative estimate of drug-likeness (QED) is 0.502. The van der Waals surface area contributed by atoms with E-state index in [4.69, 9.17) is 39.5 Å². The van der Waals surface area contributed by atoms with Gasteiger partial charge < -0.3 is 5.73 Å². The third-order valence-electron chi connectivity index (χ3n) is 2.02. The van der Waals surface area contributed by atoms with Crippen molar-refractivity contribution in [2.24, 2.45) is 5.73 Å².